The molecule has 0 saturated carbocycles. The highest BCUT2D eigenvalue weighted by Crippen LogP contribution is 2.31. The number of carbonyl (C=O) groups excluding carboxylic acids is 2. The zero-order valence-electron chi connectivity index (χ0n) is 15.8. The Balaban J connectivity index is 1.39. The third-order valence-electron chi connectivity index (χ3n) is 5.12. The van der Waals surface area contributed by atoms with Gasteiger partial charge in [-0.25, -0.2) is 4.79 Å². The number of carbonyl (C=O) groups is 2. The molecular formula is C22H23NO5. The maximum absolute atomic E-state index is 12.6. The summed E-state index contributed by atoms with van der Waals surface area (Å²) in [5.74, 6) is 0.248. The first-order valence-corrected chi connectivity index (χ1v) is 9.60. The van der Waals surface area contributed by atoms with E-state index >= 15 is 0 Å². The third kappa shape index (κ3) is 3.81. The van der Waals surface area contributed by atoms with Crippen LogP contribution in [0.25, 0.3) is 0 Å². The van der Waals surface area contributed by atoms with E-state index in [1.165, 1.54) is 5.56 Å². The largest absolute Gasteiger partial charge is 0.486 e. The number of esters is 1. The van der Waals surface area contributed by atoms with Crippen molar-refractivity contribution in [3.63, 3.8) is 0 Å². The molecular weight excluding hydrogens is 358 g/mol. The van der Waals surface area contributed by atoms with E-state index in [1.807, 2.05) is 18.2 Å². The SMILES string of the molecule is C[C@H](OC(=O)c1ccc2c(c1)OCCO2)C(=O)N[C@H]1CCCc2ccccc21. The van der Waals surface area contributed by atoms with Crippen LogP contribution in [0.4, 0.5) is 0 Å². The number of nitrogens with one attached hydrogen (secondary N) is 1. The summed E-state index contributed by atoms with van der Waals surface area (Å²) in [4.78, 5) is 25.0. The average Bonchev–Trinajstić information content (AvgIpc) is 2.73. The van der Waals surface area contributed by atoms with Crippen LogP contribution in [-0.2, 0) is 16.0 Å². The molecule has 6 nitrogen and oxygen atoms in total. The molecule has 0 aromatic heterocycles. The smallest absolute Gasteiger partial charge is 0.339 e. The number of ether oxygens (including phenoxy) is 3. The highest BCUT2D eigenvalue weighted by atomic mass is 16.6. The Morgan fingerprint density at radius 3 is 2.75 bits per heavy atom. The maximum Gasteiger partial charge on any atom is 0.339 e. The van der Waals surface area contributed by atoms with Crippen molar-refractivity contribution in [1.82, 2.24) is 5.32 Å². The molecule has 1 amide bonds. The number of amides is 1. The van der Waals surface area contributed by atoms with E-state index in [-0.39, 0.29) is 11.9 Å². The minimum absolute atomic E-state index is 0.0482. The second kappa shape index (κ2) is 7.92. The van der Waals surface area contributed by atoms with Crippen molar-refractivity contribution in [1.29, 1.82) is 0 Å². The maximum atomic E-state index is 12.6. The van der Waals surface area contributed by atoms with Crippen LogP contribution in [0.2, 0.25) is 0 Å². The molecule has 0 saturated heterocycles. The van der Waals surface area contributed by atoms with Crippen molar-refractivity contribution in [3.05, 3.63) is 59.2 Å². The van der Waals surface area contributed by atoms with E-state index in [2.05, 4.69) is 11.4 Å². The number of hydrogen-bond donors (Lipinski definition) is 1. The number of benzene rings is 2. The van der Waals surface area contributed by atoms with Gasteiger partial charge in [0, 0.05) is 0 Å². The second-order valence-electron chi connectivity index (χ2n) is 7.06. The lowest BCUT2D eigenvalue weighted by Gasteiger charge is -2.27. The molecule has 0 spiro atoms. The summed E-state index contributed by atoms with van der Waals surface area (Å²) in [7, 11) is 0. The summed E-state index contributed by atoms with van der Waals surface area (Å²) in [6.07, 6.45) is 2.03. The summed E-state index contributed by atoms with van der Waals surface area (Å²) >= 11 is 0. The zero-order valence-corrected chi connectivity index (χ0v) is 15.8. The first-order valence-electron chi connectivity index (χ1n) is 9.60. The molecule has 2 atom stereocenters. The summed E-state index contributed by atoms with van der Waals surface area (Å²) in [6.45, 7) is 2.51. The Hall–Kier alpha value is -3.02. The van der Waals surface area contributed by atoms with Crippen LogP contribution >= 0.6 is 0 Å². The first kappa shape index (κ1) is 18.3. The van der Waals surface area contributed by atoms with Crippen LogP contribution in [0.3, 0.4) is 0 Å². The first-order chi connectivity index (χ1) is 13.6. The van der Waals surface area contributed by atoms with Crippen LogP contribution in [0.1, 0.15) is 47.3 Å². The topological polar surface area (TPSA) is 73.9 Å². The number of rotatable bonds is 4. The predicted octanol–water partition coefficient (Wildman–Crippen LogP) is 3.20. The summed E-state index contributed by atoms with van der Waals surface area (Å²) in [6, 6.07) is 13.0. The van der Waals surface area contributed by atoms with Gasteiger partial charge in [-0.2, -0.15) is 0 Å². The Morgan fingerprint density at radius 1 is 1.11 bits per heavy atom. The van der Waals surface area contributed by atoms with E-state index in [4.69, 9.17) is 14.2 Å². The van der Waals surface area contributed by atoms with Crippen LogP contribution in [0.15, 0.2) is 42.5 Å². The van der Waals surface area contributed by atoms with E-state index in [9.17, 15) is 9.59 Å². The van der Waals surface area contributed by atoms with Gasteiger partial charge in [0.15, 0.2) is 17.6 Å². The fourth-order valence-electron chi connectivity index (χ4n) is 3.65. The fourth-order valence-corrected chi connectivity index (χ4v) is 3.65. The van der Waals surface area contributed by atoms with Gasteiger partial charge in [0.25, 0.3) is 5.91 Å². The average molecular weight is 381 g/mol. The number of hydrogen-bond acceptors (Lipinski definition) is 5. The lowest BCUT2D eigenvalue weighted by Crippen LogP contribution is -2.39. The summed E-state index contributed by atoms with van der Waals surface area (Å²) < 4.78 is 16.3. The molecule has 6 heteroatoms. The Morgan fingerprint density at radius 2 is 1.89 bits per heavy atom. The molecule has 2 aliphatic rings. The monoisotopic (exact) mass is 381 g/mol. The number of fused-ring (bicyclic) bond motifs is 2. The molecule has 0 fully saturated rings. The molecule has 28 heavy (non-hydrogen) atoms. The highest BCUT2D eigenvalue weighted by Gasteiger charge is 2.26. The van der Waals surface area contributed by atoms with Gasteiger partial charge in [0.2, 0.25) is 0 Å². The van der Waals surface area contributed by atoms with Crippen molar-refractivity contribution >= 4 is 11.9 Å². The van der Waals surface area contributed by atoms with Crippen molar-refractivity contribution in [2.75, 3.05) is 13.2 Å². The molecule has 1 N–H and O–H groups in total. The second-order valence-corrected chi connectivity index (χ2v) is 7.06. The molecule has 1 aliphatic heterocycles. The summed E-state index contributed by atoms with van der Waals surface area (Å²) in [5.41, 5.74) is 2.74. The number of aryl methyl sites for hydroxylation is 1. The fraction of sp³-hybridized carbons (Fsp3) is 0.364. The van der Waals surface area contributed by atoms with Gasteiger partial charge in [0.05, 0.1) is 11.6 Å². The molecule has 146 valence electrons. The lowest BCUT2D eigenvalue weighted by molar-refractivity contribution is -0.130. The molecule has 0 unspecified atom stereocenters. The standard InChI is InChI=1S/C22H23NO5/c1-14(21(24)23-18-8-4-6-15-5-2-3-7-17(15)18)28-22(25)16-9-10-19-20(13-16)27-12-11-26-19/h2-3,5,7,9-10,13-14,18H,4,6,8,11-12H2,1H3,(H,23,24)/t14-,18-/m0/s1. The van der Waals surface area contributed by atoms with Crippen molar-refractivity contribution in [2.24, 2.45) is 0 Å². The molecule has 1 aliphatic carbocycles. The molecule has 0 bridgehead atoms. The van der Waals surface area contributed by atoms with E-state index in [0.717, 1.165) is 24.8 Å². The van der Waals surface area contributed by atoms with E-state index < -0.39 is 12.1 Å². The van der Waals surface area contributed by atoms with Gasteiger partial charge >= 0.3 is 5.97 Å². The minimum atomic E-state index is -0.894. The molecule has 2 aromatic carbocycles. The minimum Gasteiger partial charge on any atom is -0.486 e. The lowest BCUT2D eigenvalue weighted by atomic mass is 9.87. The quantitative estimate of drug-likeness (QED) is 0.824. The molecule has 1 heterocycles. The normalized spacial score (nSPS) is 18.5. The van der Waals surface area contributed by atoms with Crippen LogP contribution in [0, 0.1) is 0 Å². The van der Waals surface area contributed by atoms with Gasteiger partial charge in [-0.15, -0.1) is 0 Å². The van der Waals surface area contributed by atoms with E-state index in [0.29, 0.717) is 30.3 Å². The summed E-state index contributed by atoms with van der Waals surface area (Å²) in [5, 5.41) is 3.02. The predicted molar refractivity (Wildman–Crippen MR) is 103 cm³/mol. The van der Waals surface area contributed by atoms with Crippen LogP contribution in [-0.4, -0.2) is 31.2 Å². The van der Waals surface area contributed by atoms with Gasteiger partial charge in [-0.1, -0.05) is 24.3 Å². The van der Waals surface area contributed by atoms with Crippen molar-refractivity contribution in [2.45, 2.75) is 38.3 Å². The van der Waals surface area contributed by atoms with Crippen molar-refractivity contribution < 1.29 is 23.8 Å². The Bertz CT molecular complexity index is 894. The van der Waals surface area contributed by atoms with Gasteiger partial charge < -0.3 is 19.5 Å². The third-order valence-corrected chi connectivity index (χ3v) is 5.12. The van der Waals surface area contributed by atoms with Crippen molar-refractivity contribution in [3.8, 4) is 11.5 Å². The van der Waals surface area contributed by atoms with Gasteiger partial charge in [0.1, 0.15) is 13.2 Å². The molecule has 0 radical (unpaired) electrons. The van der Waals surface area contributed by atoms with Gasteiger partial charge in [-0.3, -0.25) is 4.79 Å². The molecule has 2 aromatic rings. The molecule has 4 rings (SSSR count). The van der Waals surface area contributed by atoms with E-state index in [1.54, 1.807) is 25.1 Å². The Labute approximate surface area is 163 Å². The Kier molecular flexibility index (Phi) is 5.19. The van der Waals surface area contributed by atoms with Crippen LogP contribution < -0.4 is 14.8 Å². The highest BCUT2D eigenvalue weighted by molar-refractivity contribution is 5.93. The van der Waals surface area contributed by atoms with Crippen LogP contribution in [0.5, 0.6) is 11.5 Å². The van der Waals surface area contributed by atoms with Gasteiger partial charge in [-0.05, 0) is 55.5 Å². The zero-order chi connectivity index (χ0) is 19.5.